The van der Waals surface area contributed by atoms with Gasteiger partial charge in [0, 0.05) is 38.9 Å². The fourth-order valence-corrected chi connectivity index (χ4v) is 1.09. The maximum absolute atomic E-state index is 13.4. The van der Waals surface area contributed by atoms with Crippen molar-refractivity contribution < 1.29 is 29.8 Å². The van der Waals surface area contributed by atoms with Crippen LogP contribution in [0.1, 0.15) is 40.2 Å². The first-order valence-corrected chi connectivity index (χ1v) is 6.16. The predicted molar refractivity (Wildman–Crippen MR) is 77.3 cm³/mol. The van der Waals surface area contributed by atoms with E-state index in [1.807, 2.05) is 27.7 Å². The zero-order valence-corrected chi connectivity index (χ0v) is 14.7. The Kier molecular flexibility index (Phi) is 11.3. The Balaban J connectivity index is 0. The summed E-state index contributed by atoms with van der Waals surface area (Å²) in [4.78, 5) is 4.11. The van der Waals surface area contributed by atoms with E-state index in [-0.39, 0.29) is 26.6 Å². The molecule has 4 heteroatoms. The van der Waals surface area contributed by atoms with Crippen molar-refractivity contribution in [3.8, 4) is 0 Å². The first-order valence-electron chi connectivity index (χ1n) is 6.16. The van der Waals surface area contributed by atoms with Gasteiger partial charge in [-0.3, -0.25) is 8.78 Å². The molecular formula is C16H20F2NPt-. The van der Waals surface area contributed by atoms with Crippen molar-refractivity contribution in [1.82, 2.24) is 0 Å². The van der Waals surface area contributed by atoms with Crippen molar-refractivity contribution in [2.24, 2.45) is 4.99 Å². The minimum atomic E-state index is -0.660. The van der Waals surface area contributed by atoms with E-state index in [4.69, 9.17) is 0 Å². The number of allylic oxidation sites excluding steroid dienone is 2. The third kappa shape index (κ3) is 6.90. The average molecular weight is 459 g/mol. The van der Waals surface area contributed by atoms with Gasteiger partial charge in [-0.15, -0.1) is 12.1 Å². The van der Waals surface area contributed by atoms with Crippen LogP contribution in [0.3, 0.4) is 0 Å². The molecule has 0 heterocycles. The molecule has 0 N–H and O–H groups in total. The number of nitrogens with zero attached hydrogens (tertiary/aromatic N) is 1. The van der Waals surface area contributed by atoms with Gasteiger partial charge >= 0.3 is 0 Å². The van der Waals surface area contributed by atoms with E-state index in [1.54, 1.807) is 13.1 Å². The van der Waals surface area contributed by atoms with E-state index in [1.165, 1.54) is 0 Å². The summed E-state index contributed by atoms with van der Waals surface area (Å²) in [6.07, 6.45) is 1.61. The largest absolute Gasteiger partial charge is 0.309 e. The molecule has 0 aliphatic heterocycles. The van der Waals surface area contributed by atoms with Crippen LogP contribution in [0, 0.1) is 17.7 Å². The summed E-state index contributed by atoms with van der Waals surface area (Å²) < 4.78 is 26.1. The van der Waals surface area contributed by atoms with Gasteiger partial charge in [-0.25, -0.2) is 0 Å². The summed E-state index contributed by atoms with van der Waals surface area (Å²) in [5, 5.41) is 0. The summed E-state index contributed by atoms with van der Waals surface area (Å²) in [5.74, 6) is -1.31. The number of rotatable bonds is 3. The summed E-state index contributed by atoms with van der Waals surface area (Å²) in [6, 6.07) is 4.43. The summed E-state index contributed by atoms with van der Waals surface area (Å²) in [7, 11) is 0. The van der Waals surface area contributed by atoms with E-state index in [0.29, 0.717) is 5.71 Å². The molecule has 1 aromatic rings. The molecule has 0 unspecified atom stereocenters. The smallest absolute Gasteiger partial charge is 0.0407 e. The van der Waals surface area contributed by atoms with Gasteiger partial charge in [-0.2, -0.15) is 0 Å². The molecular weight excluding hydrogens is 439 g/mol. The molecule has 1 nitrogen and oxygen atoms in total. The van der Waals surface area contributed by atoms with E-state index in [2.05, 4.69) is 17.6 Å². The van der Waals surface area contributed by atoms with E-state index in [0.717, 1.165) is 23.3 Å². The SMILES string of the molecule is C=C(C)/C(C)=C\N=C(C)c1[c-]cc(F)cc1F.CC.[Pt]. The van der Waals surface area contributed by atoms with Crippen LogP contribution in [0.5, 0.6) is 0 Å². The van der Waals surface area contributed by atoms with Crippen molar-refractivity contribution in [3.63, 3.8) is 0 Å². The van der Waals surface area contributed by atoms with E-state index < -0.39 is 11.6 Å². The van der Waals surface area contributed by atoms with Gasteiger partial charge in [0.2, 0.25) is 0 Å². The van der Waals surface area contributed by atoms with E-state index in [9.17, 15) is 8.78 Å². The van der Waals surface area contributed by atoms with Gasteiger partial charge in [0.25, 0.3) is 0 Å². The molecule has 0 spiro atoms. The minimum absolute atomic E-state index is 0. The van der Waals surface area contributed by atoms with E-state index >= 15 is 0 Å². The fraction of sp³-hybridized carbons (Fsp3) is 0.312. The van der Waals surface area contributed by atoms with Gasteiger partial charge in [-0.1, -0.05) is 44.6 Å². The van der Waals surface area contributed by atoms with Crippen molar-refractivity contribution in [3.05, 3.63) is 59.3 Å². The molecule has 0 saturated heterocycles. The quantitative estimate of drug-likeness (QED) is 0.340. The third-order valence-corrected chi connectivity index (χ3v) is 2.34. The Morgan fingerprint density at radius 3 is 2.25 bits per heavy atom. The van der Waals surface area contributed by atoms with Gasteiger partial charge in [-0.05, 0) is 25.1 Å². The monoisotopic (exact) mass is 459 g/mol. The Bertz CT molecular complexity index is 505. The summed E-state index contributed by atoms with van der Waals surface area (Å²) >= 11 is 0. The number of hydrogen-bond donors (Lipinski definition) is 0. The molecule has 0 aliphatic rings. The zero-order chi connectivity index (χ0) is 15.0. The molecule has 0 aromatic heterocycles. The van der Waals surface area contributed by atoms with Crippen LogP contribution in [0.4, 0.5) is 8.78 Å². The maximum Gasteiger partial charge on any atom is 0.0407 e. The summed E-state index contributed by atoms with van der Waals surface area (Å²) in [6.45, 7) is 13.1. The normalized spacial score (nSPS) is 11.2. The molecule has 0 amide bonds. The van der Waals surface area contributed by atoms with Crippen LogP contribution in [-0.2, 0) is 21.1 Å². The Morgan fingerprint density at radius 1 is 1.25 bits per heavy atom. The second kappa shape index (κ2) is 10.7. The number of aliphatic imine (C=N–C) groups is 1. The molecule has 0 aliphatic carbocycles. The van der Waals surface area contributed by atoms with Crippen LogP contribution < -0.4 is 0 Å². The van der Waals surface area contributed by atoms with Gasteiger partial charge in [0.1, 0.15) is 0 Å². The van der Waals surface area contributed by atoms with Gasteiger partial charge in [0.05, 0.1) is 0 Å². The molecule has 0 saturated carbocycles. The van der Waals surface area contributed by atoms with Crippen molar-refractivity contribution in [1.29, 1.82) is 0 Å². The Morgan fingerprint density at radius 2 is 1.80 bits per heavy atom. The second-order valence-corrected chi connectivity index (χ2v) is 3.85. The van der Waals surface area contributed by atoms with Crippen LogP contribution in [0.15, 0.2) is 41.1 Å². The molecule has 0 fully saturated rings. The van der Waals surface area contributed by atoms with Gasteiger partial charge in [0.15, 0.2) is 0 Å². The molecule has 20 heavy (non-hydrogen) atoms. The minimum Gasteiger partial charge on any atom is -0.309 e. The zero-order valence-electron chi connectivity index (χ0n) is 12.5. The Hall–Kier alpha value is -1.08. The standard InChI is InChI=1S/C14H14F2N.C2H6.Pt/c1-9(2)10(3)8-17-11(4)13-6-5-12(15)7-14(13)16;1-2;/h5,7-8H,1H2,2-4H3;1-2H3;/q-1;;/b10-8-,17-11?;;. The molecule has 0 bridgehead atoms. The Labute approximate surface area is 134 Å². The molecule has 1 aromatic carbocycles. The number of halogens is 2. The average Bonchev–Trinajstić information content (AvgIpc) is 2.37. The van der Waals surface area contributed by atoms with Crippen LogP contribution in [0.2, 0.25) is 0 Å². The second-order valence-electron chi connectivity index (χ2n) is 3.85. The number of hydrogen-bond acceptors (Lipinski definition) is 1. The molecule has 0 radical (unpaired) electrons. The first-order chi connectivity index (χ1) is 8.91. The molecule has 0 atom stereocenters. The first kappa shape index (κ1) is 21.2. The van der Waals surface area contributed by atoms with Crippen molar-refractivity contribution in [2.45, 2.75) is 34.6 Å². The van der Waals surface area contributed by atoms with Crippen LogP contribution in [-0.4, -0.2) is 5.71 Å². The van der Waals surface area contributed by atoms with Crippen molar-refractivity contribution in [2.75, 3.05) is 0 Å². The summed E-state index contributed by atoms with van der Waals surface area (Å²) in [5.41, 5.74) is 2.43. The topological polar surface area (TPSA) is 12.4 Å². The van der Waals surface area contributed by atoms with Crippen molar-refractivity contribution >= 4 is 5.71 Å². The maximum atomic E-state index is 13.4. The fourth-order valence-electron chi connectivity index (χ4n) is 1.09. The van der Waals surface area contributed by atoms with Gasteiger partial charge < -0.3 is 4.99 Å². The predicted octanol–water partition coefficient (Wildman–Crippen LogP) is 5.08. The third-order valence-electron chi connectivity index (χ3n) is 2.34. The molecule has 114 valence electrons. The van der Waals surface area contributed by atoms with Crippen LogP contribution >= 0.6 is 0 Å². The van der Waals surface area contributed by atoms with Crippen LogP contribution in [0.25, 0.3) is 0 Å². The molecule has 1 rings (SSSR count). The number of benzene rings is 1.